The molecule has 10 nitrogen and oxygen atoms in total. The number of carbonyl (C=O) groups excluding carboxylic acids is 4. The number of nitrogens with two attached hydrogens (primary N) is 1. The maximum absolute atomic E-state index is 14.2. The molecule has 0 bridgehead atoms. The summed E-state index contributed by atoms with van der Waals surface area (Å²) in [6.45, 7) is 2.37. The van der Waals surface area contributed by atoms with Crippen molar-refractivity contribution in [2.45, 2.75) is 69.6 Å². The smallest absolute Gasteiger partial charge is 0.245 e. The molecular weight excluding hydrogens is 570 g/mol. The van der Waals surface area contributed by atoms with Crippen LogP contribution in [0, 0.1) is 0 Å². The minimum absolute atomic E-state index is 0.114. The number of amides is 4. The number of benzene rings is 3. The minimum Gasteiger partial charge on any atom is -0.508 e. The van der Waals surface area contributed by atoms with Gasteiger partial charge in [0, 0.05) is 25.9 Å². The van der Waals surface area contributed by atoms with E-state index in [1.165, 1.54) is 17.0 Å². The van der Waals surface area contributed by atoms with Crippen molar-refractivity contribution in [3.8, 4) is 5.75 Å². The Morgan fingerprint density at radius 2 is 1.51 bits per heavy atom. The Morgan fingerprint density at radius 1 is 0.889 bits per heavy atom. The van der Waals surface area contributed by atoms with Crippen molar-refractivity contribution in [2.24, 2.45) is 5.73 Å². The summed E-state index contributed by atoms with van der Waals surface area (Å²) in [6.07, 6.45) is 2.20. The predicted octanol–water partition coefficient (Wildman–Crippen LogP) is 2.23. The van der Waals surface area contributed by atoms with E-state index in [-0.39, 0.29) is 37.0 Å². The van der Waals surface area contributed by atoms with Crippen LogP contribution < -0.4 is 21.7 Å². The average molecular weight is 614 g/mol. The highest BCUT2D eigenvalue weighted by molar-refractivity contribution is 5.95. The molecule has 1 heterocycles. The predicted molar refractivity (Wildman–Crippen MR) is 172 cm³/mol. The number of carbonyl (C=O) groups is 4. The third-order valence-electron chi connectivity index (χ3n) is 8.05. The fraction of sp³-hybridized carbons (Fsp3) is 0.371. The molecule has 10 heteroatoms. The molecule has 0 spiro atoms. The molecule has 4 atom stereocenters. The van der Waals surface area contributed by atoms with E-state index >= 15 is 0 Å². The summed E-state index contributed by atoms with van der Waals surface area (Å²) < 4.78 is 0. The Morgan fingerprint density at radius 3 is 2.13 bits per heavy atom. The average Bonchev–Trinajstić information content (AvgIpc) is 3.05. The molecule has 1 aliphatic heterocycles. The van der Waals surface area contributed by atoms with Crippen LogP contribution in [0.15, 0.2) is 84.9 Å². The van der Waals surface area contributed by atoms with Gasteiger partial charge in [-0.3, -0.25) is 19.2 Å². The van der Waals surface area contributed by atoms with E-state index in [2.05, 4.69) is 16.0 Å². The second kappa shape index (κ2) is 16.4. The summed E-state index contributed by atoms with van der Waals surface area (Å²) in [4.78, 5) is 56.3. The zero-order chi connectivity index (χ0) is 32.2. The third kappa shape index (κ3) is 9.64. The van der Waals surface area contributed by atoms with E-state index in [0.29, 0.717) is 32.2 Å². The van der Waals surface area contributed by atoms with Crippen LogP contribution in [0.5, 0.6) is 5.75 Å². The van der Waals surface area contributed by atoms with Gasteiger partial charge in [0.15, 0.2) is 0 Å². The Hall–Kier alpha value is -4.70. The van der Waals surface area contributed by atoms with Crippen LogP contribution >= 0.6 is 0 Å². The number of rotatable bonds is 9. The molecule has 6 N–H and O–H groups in total. The van der Waals surface area contributed by atoms with Crippen molar-refractivity contribution >= 4 is 23.6 Å². The van der Waals surface area contributed by atoms with Gasteiger partial charge in [0.25, 0.3) is 0 Å². The fourth-order valence-electron chi connectivity index (χ4n) is 5.56. The maximum atomic E-state index is 14.2. The lowest BCUT2D eigenvalue weighted by Gasteiger charge is -2.34. The van der Waals surface area contributed by atoms with Crippen molar-refractivity contribution in [3.05, 3.63) is 102 Å². The number of phenols is 1. The molecule has 1 saturated heterocycles. The number of nitrogens with zero attached hydrogens (tertiary/aromatic N) is 1. The van der Waals surface area contributed by atoms with Gasteiger partial charge in [-0.2, -0.15) is 0 Å². The molecule has 1 aliphatic rings. The van der Waals surface area contributed by atoms with Gasteiger partial charge in [0.05, 0.1) is 6.04 Å². The van der Waals surface area contributed by atoms with Gasteiger partial charge in [-0.1, -0.05) is 72.8 Å². The van der Waals surface area contributed by atoms with Crippen molar-refractivity contribution in [2.75, 3.05) is 13.1 Å². The minimum atomic E-state index is -0.929. The summed E-state index contributed by atoms with van der Waals surface area (Å²) in [5, 5.41) is 18.3. The van der Waals surface area contributed by atoms with Crippen LogP contribution in [0.25, 0.3) is 0 Å². The molecule has 4 rings (SSSR count). The number of hydrogen-bond acceptors (Lipinski definition) is 6. The summed E-state index contributed by atoms with van der Waals surface area (Å²) >= 11 is 0. The van der Waals surface area contributed by atoms with E-state index in [1.807, 2.05) is 60.7 Å². The largest absolute Gasteiger partial charge is 0.508 e. The summed E-state index contributed by atoms with van der Waals surface area (Å²) in [6, 6.07) is 21.7. The number of nitrogens with one attached hydrogen (secondary N) is 3. The lowest BCUT2D eigenvalue weighted by atomic mass is 10.00. The summed E-state index contributed by atoms with van der Waals surface area (Å²) in [5.74, 6) is -1.48. The highest BCUT2D eigenvalue weighted by atomic mass is 16.3. The Kier molecular flexibility index (Phi) is 12.1. The lowest BCUT2D eigenvalue weighted by molar-refractivity contribution is -0.144. The van der Waals surface area contributed by atoms with E-state index in [0.717, 1.165) is 16.7 Å². The first kappa shape index (κ1) is 33.2. The molecule has 3 aromatic carbocycles. The van der Waals surface area contributed by atoms with Crippen LogP contribution in [-0.2, 0) is 38.4 Å². The second-order valence-corrected chi connectivity index (χ2v) is 11.4. The molecule has 1 fully saturated rings. The zero-order valence-corrected chi connectivity index (χ0v) is 25.7. The van der Waals surface area contributed by atoms with Crippen LogP contribution in [0.1, 0.15) is 42.9 Å². The Labute approximate surface area is 264 Å². The number of phenolic OH excluding ortho intramolecular Hbond substituents is 1. The highest BCUT2D eigenvalue weighted by Gasteiger charge is 2.36. The Balaban J connectivity index is 1.60. The molecule has 0 saturated carbocycles. The monoisotopic (exact) mass is 613 g/mol. The van der Waals surface area contributed by atoms with Gasteiger partial charge >= 0.3 is 0 Å². The van der Waals surface area contributed by atoms with Crippen molar-refractivity contribution in [1.29, 1.82) is 0 Å². The fourth-order valence-corrected chi connectivity index (χ4v) is 5.56. The standard InChI is InChI=1S/C35H43N5O5/c1-2-40-31(23-25-13-7-4-8-14-25)34(44)39-30(22-24-11-5-3-6-12-24)33(43)37-20-10-9-15-29(35(40)45)38-32(42)28(36)21-26-16-18-27(41)19-17-26/h3-8,11-14,16-19,28-31,41H,2,9-10,15,20-23,36H2,1H3,(H,37,43)(H,38,42)(H,39,44)/t28-,29+,30-,31-/m0/s1. The van der Waals surface area contributed by atoms with Gasteiger partial charge in [-0.05, 0) is 61.4 Å². The molecule has 4 amide bonds. The first-order valence-electron chi connectivity index (χ1n) is 15.6. The molecule has 0 aliphatic carbocycles. The summed E-state index contributed by atoms with van der Waals surface area (Å²) in [7, 11) is 0. The zero-order valence-electron chi connectivity index (χ0n) is 25.7. The van der Waals surface area contributed by atoms with Crippen molar-refractivity contribution in [1.82, 2.24) is 20.9 Å². The third-order valence-corrected chi connectivity index (χ3v) is 8.05. The quantitative estimate of drug-likeness (QED) is 0.250. The van der Waals surface area contributed by atoms with Gasteiger partial charge in [-0.15, -0.1) is 0 Å². The van der Waals surface area contributed by atoms with Gasteiger partial charge in [0.1, 0.15) is 23.9 Å². The first-order chi connectivity index (χ1) is 21.7. The molecule has 0 unspecified atom stereocenters. The van der Waals surface area contributed by atoms with E-state index < -0.39 is 36.0 Å². The first-order valence-corrected chi connectivity index (χ1v) is 15.6. The van der Waals surface area contributed by atoms with Crippen LogP contribution in [0.2, 0.25) is 0 Å². The number of hydrogen-bond donors (Lipinski definition) is 5. The van der Waals surface area contributed by atoms with Crippen molar-refractivity contribution < 1.29 is 24.3 Å². The van der Waals surface area contributed by atoms with Crippen LogP contribution in [0.4, 0.5) is 0 Å². The highest BCUT2D eigenvalue weighted by Crippen LogP contribution is 2.16. The van der Waals surface area contributed by atoms with Crippen LogP contribution in [0.3, 0.4) is 0 Å². The van der Waals surface area contributed by atoms with Crippen LogP contribution in [-0.4, -0.2) is 70.9 Å². The summed E-state index contributed by atoms with van der Waals surface area (Å²) in [5.41, 5.74) is 8.77. The van der Waals surface area contributed by atoms with E-state index in [9.17, 15) is 24.3 Å². The topological polar surface area (TPSA) is 154 Å². The normalized spacial score (nSPS) is 20.5. The van der Waals surface area contributed by atoms with Gasteiger partial charge < -0.3 is 31.7 Å². The van der Waals surface area contributed by atoms with Gasteiger partial charge in [0.2, 0.25) is 23.6 Å². The van der Waals surface area contributed by atoms with Crippen molar-refractivity contribution in [3.63, 3.8) is 0 Å². The molecule has 0 aromatic heterocycles. The maximum Gasteiger partial charge on any atom is 0.245 e. The molecule has 238 valence electrons. The van der Waals surface area contributed by atoms with E-state index in [1.54, 1.807) is 19.1 Å². The number of likely N-dealkylation sites (N-methyl/N-ethyl adjacent to an activating group) is 1. The molecular formula is C35H43N5O5. The molecule has 0 radical (unpaired) electrons. The number of aromatic hydroxyl groups is 1. The van der Waals surface area contributed by atoms with E-state index in [4.69, 9.17) is 5.73 Å². The SMILES string of the molecule is CCN1C(=O)[C@H](NC(=O)[C@@H](N)Cc2ccc(O)cc2)CCCCNC(=O)[C@H](Cc2ccccc2)NC(=O)[C@@H]1Cc1ccccc1. The molecule has 45 heavy (non-hydrogen) atoms. The lowest BCUT2D eigenvalue weighted by Crippen LogP contribution is -2.59. The van der Waals surface area contributed by atoms with Gasteiger partial charge in [-0.25, -0.2) is 0 Å². The second-order valence-electron chi connectivity index (χ2n) is 11.4. The Bertz CT molecular complexity index is 1420. The molecule has 3 aromatic rings.